The van der Waals surface area contributed by atoms with E-state index in [2.05, 4.69) is 5.32 Å². The van der Waals surface area contributed by atoms with Crippen molar-refractivity contribution in [3.05, 3.63) is 0 Å². The third-order valence-corrected chi connectivity index (χ3v) is 3.34. The molecule has 4 amide bonds. The van der Waals surface area contributed by atoms with E-state index in [1.165, 1.54) is 4.90 Å². The summed E-state index contributed by atoms with van der Waals surface area (Å²) in [7, 11) is 0. The van der Waals surface area contributed by atoms with E-state index in [1.54, 1.807) is 0 Å². The number of piperidine rings is 1. The van der Waals surface area contributed by atoms with Crippen molar-refractivity contribution >= 4 is 23.8 Å². The highest BCUT2D eigenvalue weighted by Crippen LogP contribution is 2.18. The zero-order valence-corrected chi connectivity index (χ0v) is 10.3. The van der Waals surface area contributed by atoms with Crippen LogP contribution < -0.4 is 5.32 Å². The average molecular weight is 269 g/mol. The Balaban J connectivity index is 2.03. The molecule has 1 unspecified atom stereocenters. The van der Waals surface area contributed by atoms with Gasteiger partial charge in [-0.15, -0.1) is 0 Å². The molecular formula is C11H15N3O5. The number of amides is 4. The van der Waals surface area contributed by atoms with Crippen molar-refractivity contribution in [1.82, 2.24) is 15.1 Å². The van der Waals surface area contributed by atoms with Crippen LogP contribution in [0.2, 0.25) is 0 Å². The molecule has 2 fully saturated rings. The zero-order valence-electron chi connectivity index (χ0n) is 10.3. The highest BCUT2D eigenvalue weighted by Gasteiger charge is 2.36. The molecule has 0 aromatic carbocycles. The van der Waals surface area contributed by atoms with Crippen molar-refractivity contribution in [3.8, 4) is 0 Å². The van der Waals surface area contributed by atoms with Gasteiger partial charge in [0, 0.05) is 6.54 Å². The average Bonchev–Trinajstić information content (AvgIpc) is 2.70. The van der Waals surface area contributed by atoms with Gasteiger partial charge in [0.2, 0.25) is 5.91 Å². The highest BCUT2D eigenvalue weighted by molar-refractivity contribution is 6.04. The van der Waals surface area contributed by atoms with Crippen LogP contribution in [-0.4, -0.2) is 64.4 Å². The number of likely N-dealkylation sites (tertiary alicyclic amines) is 1. The SMILES string of the molecule is O=C(O)C1CCCCN1C(=O)CN1C(=O)CNC1=O. The molecule has 104 valence electrons. The first-order valence-electron chi connectivity index (χ1n) is 6.11. The van der Waals surface area contributed by atoms with Gasteiger partial charge in [0.05, 0.1) is 6.54 Å². The third kappa shape index (κ3) is 2.67. The molecular weight excluding hydrogens is 254 g/mol. The number of nitrogens with zero attached hydrogens (tertiary/aromatic N) is 2. The van der Waals surface area contributed by atoms with Gasteiger partial charge in [-0.05, 0) is 19.3 Å². The molecule has 8 heteroatoms. The number of carboxylic acid groups (broad SMARTS) is 1. The largest absolute Gasteiger partial charge is 0.480 e. The second-order valence-electron chi connectivity index (χ2n) is 4.58. The Labute approximate surface area is 109 Å². The summed E-state index contributed by atoms with van der Waals surface area (Å²) in [6.07, 6.45) is 1.89. The molecule has 2 aliphatic heterocycles. The molecule has 0 bridgehead atoms. The van der Waals surface area contributed by atoms with Crippen LogP contribution in [0.4, 0.5) is 4.79 Å². The fourth-order valence-corrected chi connectivity index (χ4v) is 2.33. The number of aliphatic carboxylic acids is 1. The Morgan fingerprint density at radius 1 is 1.32 bits per heavy atom. The lowest BCUT2D eigenvalue weighted by molar-refractivity contribution is -0.152. The highest BCUT2D eigenvalue weighted by atomic mass is 16.4. The molecule has 0 aromatic rings. The second kappa shape index (κ2) is 5.25. The van der Waals surface area contributed by atoms with Crippen molar-refractivity contribution in [2.24, 2.45) is 0 Å². The maximum absolute atomic E-state index is 12.0. The molecule has 0 aromatic heterocycles. The molecule has 2 saturated heterocycles. The van der Waals surface area contributed by atoms with Gasteiger partial charge in [0.25, 0.3) is 5.91 Å². The van der Waals surface area contributed by atoms with E-state index in [1.807, 2.05) is 0 Å². The lowest BCUT2D eigenvalue weighted by Crippen LogP contribution is -2.52. The molecule has 19 heavy (non-hydrogen) atoms. The molecule has 2 heterocycles. The summed E-state index contributed by atoms with van der Waals surface area (Å²) in [4.78, 5) is 47.9. The number of carbonyl (C=O) groups excluding carboxylic acids is 3. The lowest BCUT2D eigenvalue weighted by Gasteiger charge is -2.33. The van der Waals surface area contributed by atoms with Crippen molar-refractivity contribution in [1.29, 1.82) is 0 Å². The molecule has 0 saturated carbocycles. The van der Waals surface area contributed by atoms with Gasteiger partial charge in [0.15, 0.2) is 0 Å². The quantitative estimate of drug-likeness (QED) is 0.639. The monoisotopic (exact) mass is 269 g/mol. The molecule has 2 aliphatic rings. The number of hydrogen-bond donors (Lipinski definition) is 2. The van der Waals surface area contributed by atoms with E-state index in [0.29, 0.717) is 13.0 Å². The standard InChI is InChI=1S/C11H15N3O5/c15-8-5-12-11(19)14(8)6-9(16)13-4-2-1-3-7(13)10(17)18/h7H,1-6H2,(H,12,19)(H,17,18). The van der Waals surface area contributed by atoms with Gasteiger partial charge in [0.1, 0.15) is 12.6 Å². The normalized spacial score (nSPS) is 23.5. The summed E-state index contributed by atoms with van der Waals surface area (Å²) in [6.45, 7) is -0.164. The predicted octanol–water partition coefficient (Wildman–Crippen LogP) is -0.996. The molecule has 0 radical (unpaired) electrons. The minimum atomic E-state index is -1.05. The summed E-state index contributed by atoms with van der Waals surface area (Å²) >= 11 is 0. The number of carboxylic acids is 1. The number of carbonyl (C=O) groups is 4. The first kappa shape index (κ1) is 13.3. The van der Waals surface area contributed by atoms with Crippen LogP contribution in [0.25, 0.3) is 0 Å². The smallest absolute Gasteiger partial charge is 0.326 e. The molecule has 2 N–H and O–H groups in total. The van der Waals surface area contributed by atoms with Crippen LogP contribution in [0.5, 0.6) is 0 Å². The Hall–Kier alpha value is -2.12. The number of hydrogen-bond acceptors (Lipinski definition) is 4. The van der Waals surface area contributed by atoms with Crippen LogP contribution >= 0.6 is 0 Å². The van der Waals surface area contributed by atoms with Crippen molar-refractivity contribution in [3.63, 3.8) is 0 Å². The lowest BCUT2D eigenvalue weighted by atomic mass is 10.0. The fourth-order valence-electron chi connectivity index (χ4n) is 2.33. The van der Waals surface area contributed by atoms with Gasteiger partial charge in [-0.2, -0.15) is 0 Å². The Morgan fingerprint density at radius 2 is 2.05 bits per heavy atom. The molecule has 0 aliphatic carbocycles. The topological polar surface area (TPSA) is 107 Å². The van der Waals surface area contributed by atoms with Gasteiger partial charge < -0.3 is 15.3 Å². The summed E-state index contributed by atoms with van der Waals surface area (Å²) in [6, 6.07) is -1.47. The van der Waals surface area contributed by atoms with Crippen molar-refractivity contribution < 1.29 is 24.3 Å². The summed E-state index contributed by atoms with van der Waals surface area (Å²) in [5, 5.41) is 11.4. The van der Waals surface area contributed by atoms with Gasteiger partial charge in [-0.25, -0.2) is 9.59 Å². The van der Waals surface area contributed by atoms with Crippen LogP contribution in [0, 0.1) is 0 Å². The Morgan fingerprint density at radius 3 is 2.63 bits per heavy atom. The predicted molar refractivity (Wildman–Crippen MR) is 62.1 cm³/mol. The third-order valence-electron chi connectivity index (χ3n) is 3.34. The van der Waals surface area contributed by atoms with E-state index in [4.69, 9.17) is 5.11 Å². The molecule has 0 spiro atoms. The van der Waals surface area contributed by atoms with Crippen molar-refractivity contribution in [2.75, 3.05) is 19.6 Å². The van der Waals surface area contributed by atoms with Crippen molar-refractivity contribution in [2.45, 2.75) is 25.3 Å². The maximum Gasteiger partial charge on any atom is 0.326 e. The number of rotatable bonds is 3. The van der Waals surface area contributed by atoms with E-state index < -0.39 is 36.4 Å². The van der Waals surface area contributed by atoms with E-state index >= 15 is 0 Å². The number of nitrogens with one attached hydrogen (secondary N) is 1. The Kier molecular flexibility index (Phi) is 3.68. The second-order valence-corrected chi connectivity index (χ2v) is 4.58. The van der Waals surface area contributed by atoms with Gasteiger partial charge >= 0.3 is 12.0 Å². The van der Waals surface area contributed by atoms with E-state index in [0.717, 1.165) is 17.7 Å². The molecule has 8 nitrogen and oxygen atoms in total. The van der Waals surface area contributed by atoms with Crippen LogP contribution in [0.1, 0.15) is 19.3 Å². The van der Waals surface area contributed by atoms with Gasteiger partial charge in [-0.1, -0.05) is 0 Å². The first-order valence-corrected chi connectivity index (χ1v) is 6.11. The van der Waals surface area contributed by atoms with Gasteiger partial charge in [-0.3, -0.25) is 14.5 Å². The summed E-state index contributed by atoms with van der Waals surface area (Å²) in [5.41, 5.74) is 0. The first-order chi connectivity index (χ1) is 9.00. The molecule has 1 atom stereocenters. The maximum atomic E-state index is 12.0. The van der Waals surface area contributed by atoms with Crippen LogP contribution in [0.15, 0.2) is 0 Å². The van der Waals surface area contributed by atoms with E-state index in [-0.39, 0.29) is 6.54 Å². The van der Waals surface area contributed by atoms with Crippen LogP contribution in [0.3, 0.4) is 0 Å². The molecule has 2 rings (SSSR count). The number of imide groups is 1. The number of urea groups is 1. The Bertz CT molecular complexity index is 420. The minimum Gasteiger partial charge on any atom is -0.480 e. The minimum absolute atomic E-state index is 0.117. The summed E-state index contributed by atoms with van der Waals surface area (Å²) < 4.78 is 0. The fraction of sp³-hybridized carbons (Fsp3) is 0.636. The summed E-state index contributed by atoms with van der Waals surface area (Å²) in [5.74, 6) is -2.02. The van der Waals surface area contributed by atoms with E-state index in [9.17, 15) is 19.2 Å². The zero-order chi connectivity index (χ0) is 14.0. The van der Waals surface area contributed by atoms with Crippen LogP contribution in [-0.2, 0) is 14.4 Å².